The Morgan fingerprint density at radius 1 is 1.15 bits per heavy atom. The fraction of sp³-hybridized carbons (Fsp3) is 0.350. The Morgan fingerprint density at radius 2 is 2.07 bits per heavy atom. The number of hydrogen-bond acceptors (Lipinski definition) is 5. The van der Waals surface area contributed by atoms with Gasteiger partial charge in [-0.1, -0.05) is 38.1 Å². The molecule has 140 valence electrons. The van der Waals surface area contributed by atoms with E-state index < -0.39 is 0 Å². The van der Waals surface area contributed by atoms with Crippen LogP contribution in [0, 0.1) is 0 Å². The smallest absolute Gasteiger partial charge is 0.191 e. The van der Waals surface area contributed by atoms with E-state index in [0.717, 1.165) is 47.5 Å². The quantitative estimate of drug-likeness (QED) is 0.378. The normalized spacial score (nSPS) is 11.5. The number of aromatic nitrogens is 5. The van der Waals surface area contributed by atoms with Crippen LogP contribution in [0.5, 0.6) is 0 Å². The third kappa shape index (κ3) is 3.94. The Balaban J connectivity index is 1.55. The Morgan fingerprint density at radius 3 is 2.89 bits per heavy atom. The number of thioether (sulfide) groups is 1. The molecule has 0 N–H and O–H groups in total. The van der Waals surface area contributed by atoms with Crippen molar-refractivity contribution in [3.8, 4) is 11.4 Å². The number of pyridine rings is 1. The highest BCUT2D eigenvalue weighted by molar-refractivity contribution is 7.98. The zero-order valence-corrected chi connectivity index (χ0v) is 17.3. The minimum absolute atomic E-state index is 0.786. The number of aryl methyl sites for hydroxylation is 1. The largest absolute Gasteiger partial charge is 0.307 e. The molecule has 0 saturated heterocycles. The lowest BCUT2D eigenvalue weighted by molar-refractivity contribution is 0.626. The lowest BCUT2D eigenvalue weighted by atomic mass is 10.2. The van der Waals surface area contributed by atoms with Gasteiger partial charge in [-0.05, 0) is 31.0 Å². The maximum Gasteiger partial charge on any atom is 0.191 e. The third-order valence-electron chi connectivity index (χ3n) is 4.34. The van der Waals surface area contributed by atoms with Gasteiger partial charge in [-0.15, -0.1) is 21.5 Å². The molecule has 4 rings (SSSR count). The van der Waals surface area contributed by atoms with Crippen molar-refractivity contribution < 1.29 is 0 Å². The maximum absolute atomic E-state index is 4.68. The summed E-state index contributed by atoms with van der Waals surface area (Å²) in [5.41, 5.74) is 3.22. The fourth-order valence-corrected chi connectivity index (χ4v) is 4.92. The van der Waals surface area contributed by atoms with E-state index in [9.17, 15) is 0 Å². The first kappa shape index (κ1) is 18.3. The number of fused-ring (bicyclic) bond motifs is 1. The standard InChI is InChI=1S/C20H23N5S2/c1-3-7-17-11-15(13-26-17)19-22-23-20(25(19)9-4-2)27-14-16-12-24-10-6-5-8-18(24)21-16/h5-6,8,10-13H,3-4,7,9,14H2,1-2H3. The second-order valence-electron chi connectivity index (χ2n) is 6.50. The number of imidazole rings is 1. The Bertz CT molecular complexity index is 997. The van der Waals surface area contributed by atoms with E-state index in [1.54, 1.807) is 11.8 Å². The average molecular weight is 398 g/mol. The molecule has 4 aromatic heterocycles. The van der Waals surface area contributed by atoms with Crippen LogP contribution in [0.1, 0.15) is 37.3 Å². The van der Waals surface area contributed by atoms with Gasteiger partial charge in [0, 0.05) is 40.5 Å². The molecular weight excluding hydrogens is 374 g/mol. The van der Waals surface area contributed by atoms with E-state index in [1.165, 1.54) is 16.9 Å². The van der Waals surface area contributed by atoms with Crippen molar-refractivity contribution in [2.24, 2.45) is 0 Å². The highest BCUT2D eigenvalue weighted by Crippen LogP contribution is 2.29. The molecule has 0 saturated carbocycles. The van der Waals surface area contributed by atoms with Gasteiger partial charge in [-0.25, -0.2) is 4.98 Å². The van der Waals surface area contributed by atoms with Crippen molar-refractivity contribution in [3.05, 3.63) is 52.6 Å². The number of thiophene rings is 1. The summed E-state index contributed by atoms with van der Waals surface area (Å²) in [4.78, 5) is 6.09. The van der Waals surface area contributed by atoms with Crippen LogP contribution < -0.4 is 0 Å². The topological polar surface area (TPSA) is 48.0 Å². The van der Waals surface area contributed by atoms with E-state index in [1.807, 2.05) is 35.7 Å². The van der Waals surface area contributed by atoms with Crippen LogP contribution in [0.15, 0.2) is 47.2 Å². The molecule has 0 radical (unpaired) electrons. The zero-order chi connectivity index (χ0) is 18.6. The van der Waals surface area contributed by atoms with E-state index in [0.29, 0.717) is 0 Å². The van der Waals surface area contributed by atoms with Crippen LogP contribution in [0.25, 0.3) is 17.0 Å². The Kier molecular flexibility index (Phi) is 5.59. The summed E-state index contributed by atoms with van der Waals surface area (Å²) in [6, 6.07) is 8.32. The molecule has 0 fully saturated rings. The van der Waals surface area contributed by atoms with E-state index in [2.05, 4.69) is 55.6 Å². The summed E-state index contributed by atoms with van der Waals surface area (Å²) in [5.74, 6) is 1.77. The zero-order valence-electron chi connectivity index (χ0n) is 15.6. The van der Waals surface area contributed by atoms with Crippen molar-refractivity contribution in [2.45, 2.75) is 50.6 Å². The van der Waals surface area contributed by atoms with Crippen molar-refractivity contribution >= 4 is 28.7 Å². The molecule has 0 aromatic carbocycles. The molecule has 0 aliphatic carbocycles. The van der Waals surface area contributed by atoms with Gasteiger partial charge in [0.25, 0.3) is 0 Å². The summed E-state index contributed by atoms with van der Waals surface area (Å²) in [6.07, 6.45) is 7.46. The summed E-state index contributed by atoms with van der Waals surface area (Å²) >= 11 is 3.52. The van der Waals surface area contributed by atoms with Crippen LogP contribution in [-0.2, 0) is 18.7 Å². The van der Waals surface area contributed by atoms with E-state index in [4.69, 9.17) is 0 Å². The summed E-state index contributed by atoms with van der Waals surface area (Å²) in [6.45, 7) is 5.33. The van der Waals surface area contributed by atoms with Gasteiger partial charge in [0.05, 0.1) is 5.69 Å². The van der Waals surface area contributed by atoms with Gasteiger partial charge < -0.3 is 8.97 Å². The number of rotatable bonds is 8. The summed E-state index contributed by atoms with van der Waals surface area (Å²) < 4.78 is 4.30. The van der Waals surface area contributed by atoms with Crippen LogP contribution in [0.2, 0.25) is 0 Å². The predicted molar refractivity (Wildman–Crippen MR) is 112 cm³/mol. The molecular formula is C20H23N5S2. The maximum atomic E-state index is 4.68. The van der Waals surface area contributed by atoms with Crippen LogP contribution in [-0.4, -0.2) is 24.1 Å². The second kappa shape index (κ2) is 8.27. The molecule has 0 spiro atoms. The van der Waals surface area contributed by atoms with Crippen molar-refractivity contribution in [2.75, 3.05) is 0 Å². The van der Waals surface area contributed by atoms with Gasteiger partial charge in [0.2, 0.25) is 0 Å². The SMILES string of the molecule is CCCc1cc(-c2nnc(SCc3cn4ccccc4n3)n2CCC)cs1. The third-order valence-corrected chi connectivity index (χ3v) is 6.33. The molecule has 0 amide bonds. The fourth-order valence-electron chi connectivity index (χ4n) is 3.10. The summed E-state index contributed by atoms with van der Waals surface area (Å²) in [5, 5.41) is 12.2. The predicted octanol–water partition coefficient (Wildman–Crippen LogP) is 5.31. The molecule has 0 atom stereocenters. The van der Waals surface area contributed by atoms with Gasteiger partial charge in [-0.3, -0.25) is 0 Å². The first-order valence-corrected chi connectivity index (χ1v) is 11.2. The Labute approximate surface area is 167 Å². The van der Waals surface area contributed by atoms with Crippen LogP contribution in [0.4, 0.5) is 0 Å². The van der Waals surface area contributed by atoms with E-state index >= 15 is 0 Å². The molecule has 7 heteroatoms. The summed E-state index contributed by atoms with van der Waals surface area (Å²) in [7, 11) is 0. The number of hydrogen-bond donors (Lipinski definition) is 0. The van der Waals surface area contributed by atoms with Gasteiger partial charge in [0.15, 0.2) is 11.0 Å². The van der Waals surface area contributed by atoms with E-state index in [-0.39, 0.29) is 0 Å². The molecule has 5 nitrogen and oxygen atoms in total. The molecule has 0 aliphatic rings. The van der Waals surface area contributed by atoms with Gasteiger partial charge in [0.1, 0.15) is 5.65 Å². The Hall–Kier alpha value is -2.12. The lowest BCUT2D eigenvalue weighted by Crippen LogP contribution is -2.01. The van der Waals surface area contributed by atoms with Crippen molar-refractivity contribution in [1.82, 2.24) is 24.1 Å². The lowest BCUT2D eigenvalue weighted by Gasteiger charge is -2.07. The highest BCUT2D eigenvalue weighted by Gasteiger charge is 2.16. The number of nitrogens with zero attached hydrogens (tertiary/aromatic N) is 5. The second-order valence-corrected chi connectivity index (χ2v) is 8.43. The highest BCUT2D eigenvalue weighted by atomic mass is 32.2. The molecule has 0 bridgehead atoms. The minimum atomic E-state index is 0.786. The minimum Gasteiger partial charge on any atom is -0.307 e. The molecule has 0 aliphatic heterocycles. The molecule has 4 heterocycles. The molecule has 4 aromatic rings. The first-order chi connectivity index (χ1) is 13.3. The first-order valence-electron chi connectivity index (χ1n) is 9.35. The monoisotopic (exact) mass is 397 g/mol. The molecule has 27 heavy (non-hydrogen) atoms. The van der Waals surface area contributed by atoms with Gasteiger partial charge in [-0.2, -0.15) is 0 Å². The van der Waals surface area contributed by atoms with Gasteiger partial charge >= 0.3 is 0 Å². The molecule has 0 unspecified atom stereocenters. The van der Waals surface area contributed by atoms with Crippen LogP contribution in [0.3, 0.4) is 0 Å². The van der Waals surface area contributed by atoms with Crippen molar-refractivity contribution in [1.29, 1.82) is 0 Å². The average Bonchev–Trinajstić information content (AvgIpc) is 3.38. The van der Waals surface area contributed by atoms with Crippen molar-refractivity contribution in [3.63, 3.8) is 0 Å². The van der Waals surface area contributed by atoms with Crippen LogP contribution >= 0.6 is 23.1 Å².